The van der Waals surface area contributed by atoms with E-state index in [2.05, 4.69) is 121 Å². The van der Waals surface area contributed by atoms with Crippen molar-refractivity contribution in [3.05, 3.63) is 155 Å². The molecule has 0 saturated carbocycles. The number of aromatic nitrogens is 1. The van der Waals surface area contributed by atoms with Crippen LogP contribution in [-0.4, -0.2) is 40.3 Å². The van der Waals surface area contributed by atoms with Crippen LogP contribution in [0.5, 0.6) is 0 Å². The Morgan fingerprint density at radius 2 is 1.80 bits per heavy atom. The van der Waals surface area contributed by atoms with Crippen molar-refractivity contribution in [3.63, 3.8) is 0 Å². The summed E-state index contributed by atoms with van der Waals surface area (Å²) in [6.07, 6.45) is 40.1. The van der Waals surface area contributed by atoms with E-state index in [1.165, 1.54) is 27.2 Å². The standard InChI is InChI=1S/C49H48N6S/c50-31-35-27-28-37(38-16-5-4-15-36(35)38)32-23-25-34(26-24-32)47-53-46(33-13-2-1-3-14-33)54-48(55-47)39-17-12-20-42-45(39)49(43-21-8-10-29-51-43,44-22-9-11-30-52-44)40-18-6-7-19-41(40)56-42/h1-2,4,6-13,15,18-21,23,25,27,29-30,32,34,37,39,42,44-45,48H,3,5,14,16-17,22,24,26,28H2,(H,53,54,55). The lowest BCUT2D eigenvalue weighted by Gasteiger charge is -2.55. The average molecular weight is 753 g/mol. The Morgan fingerprint density at radius 1 is 0.875 bits per heavy atom. The van der Waals surface area contributed by atoms with Gasteiger partial charge in [0.1, 0.15) is 17.8 Å². The van der Waals surface area contributed by atoms with Crippen LogP contribution in [0.15, 0.2) is 164 Å². The number of hydrogen-bond acceptors (Lipinski definition) is 7. The van der Waals surface area contributed by atoms with Crippen LogP contribution in [0.2, 0.25) is 0 Å². The summed E-state index contributed by atoms with van der Waals surface area (Å²) in [5, 5.41) is 13.9. The highest BCUT2D eigenvalue weighted by atomic mass is 32.2. The van der Waals surface area contributed by atoms with Crippen LogP contribution in [0, 0.1) is 40.9 Å². The first kappa shape index (κ1) is 35.4. The molecule has 56 heavy (non-hydrogen) atoms. The van der Waals surface area contributed by atoms with Gasteiger partial charge in [0, 0.05) is 34.4 Å². The molecule has 0 bridgehead atoms. The maximum atomic E-state index is 9.84. The molecule has 1 aromatic carbocycles. The average Bonchev–Trinajstić information content (AvgIpc) is 3.28. The molecule has 8 aliphatic rings. The number of pyridine rings is 1. The molecule has 1 aromatic heterocycles. The van der Waals surface area contributed by atoms with E-state index in [0.717, 1.165) is 80.7 Å². The molecule has 10 rings (SSSR count). The third kappa shape index (κ3) is 6.09. The Balaban J connectivity index is 1.05. The number of aliphatic imine (C=N–C) groups is 3. The monoisotopic (exact) mass is 752 g/mol. The maximum absolute atomic E-state index is 9.84. The molecule has 0 saturated heterocycles. The minimum absolute atomic E-state index is 0.00174. The van der Waals surface area contributed by atoms with Gasteiger partial charge in [0.25, 0.3) is 0 Å². The molecule has 0 fully saturated rings. The van der Waals surface area contributed by atoms with E-state index >= 15 is 0 Å². The fourth-order valence-electron chi connectivity index (χ4n) is 11.0. The second kappa shape index (κ2) is 15.1. The molecule has 1 N–H and O–H groups in total. The van der Waals surface area contributed by atoms with Crippen molar-refractivity contribution in [2.24, 2.45) is 44.6 Å². The number of hydrogen-bond donors (Lipinski definition) is 1. The number of thioether (sulfide) groups is 1. The first-order valence-electron chi connectivity index (χ1n) is 20.7. The Morgan fingerprint density at radius 3 is 2.62 bits per heavy atom. The van der Waals surface area contributed by atoms with E-state index in [1.807, 2.05) is 30.2 Å². The summed E-state index contributed by atoms with van der Waals surface area (Å²) in [6, 6.07) is 17.9. The summed E-state index contributed by atoms with van der Waals surface area (Å²) < 4.78 is 0. The van der Waals surface area contributed by atoms with Crippen molar-refractivity contribution >= 4 is 29.6 Å². The van der Waals surface area contributed by atoms with Gasteiger partial charge in [0.15, 0.2) is 0 Å². The molecule has 9 unspecified atom stereocenters. The van der Waals surface area contributed by atoms with Crippen molar-refractivity contribution in [2.75, 3.05) is 0 Å². The van der Waals surface area contributed by atoms with Crippen LogP contribution in [0.3, 0.4) is 0 Å². The van der Waals surface area contributed by atoms with Crippen LogP contribution < -0.4 is 5.32 Å². The first-order chi connectivity index (χ1) is 27.7. The number of amidine groups is 2. The summed E-state index contributed by atoms with van der Waals surface area (Å²) >= 11 is 1.99. The Kier molecular flexibility index (Phi) is 9.55. The molecule has 6 nitrogen and oxygen atoms in total. The lowest BCUT2D eigenvalue weighted by molar-refractivity contribution is 0.154. The van der Waals surface area contributed by atoms with E-state index in [4.69, 9.17) is 20.0 Å². The van der Waals surface area contributed by atoms with Gasteiger partial charge in [0.05, 0.1) is 28.8 Å². The number of benzene rings is 1. The van der Waals surface area contributed by atoms with E-state index in [-0.39, 0.29) is 35.2 Å². The molecule has 5 aliphatic carbocycles. The van der Waals surface area contributed by atoms with Crippen molar-refractivity contribution in [1.82, 2.24) is 10.3 Å². The lowest BCUT2D eigenvalue weighted by Crippen LogP contribution is -2.58. The van der Waals surface area contributed by atoms with Crippen LogP contribution in [0.1, 0.15) is 69.0 Å². The third-order valence-electron chi connectivity index (χ3n) is 13.5. The van der Waals surface area contributed by atoms with Crippen LogP contribution in [-0.2, 0) is 5.41 Å². The lowest BCUT2D eigenvalue weighted by atomic mass is 9.55. The van der Waals surface area contributed by atoms with E-state index in [9.17, 15) is 5.26 Å². The summed E-state index contributed by atoms with van der Waals surface area (Å²) in [5.41, 5.74) is 6.75. The topological polar surface area (TPSA) is 85.8 Å². The van der Waals surface area contributed by atoms with Crippen molar-refractivity contribution < 1.29 is 0 Å². The van der Waals surface area contributed by atoms with Gasteiger partial charge in [-0.1, -0.05) is 96.7 Å². The number of nitriles is 1. The maximum Gasteiger partial charge on any atom is 0.147 e. The predicted molar refractivity (Wildman–Crippen MR) is 229 cm³/mol. The number of allylic oxidation sites excluding steroid dienone is 12. The van der Waals surface area contributed by atoms with Crippen LogP contribution >= 0.6 is 11.8 Å². The molecular weight excluding hydrogens is 705 g/mol. The highest BCUT2D eigenvalue weighted by Crippen LogP contribution is 2.60. The molecule has 7 heteroatoms. The molecule has 0 amide bonds. The summed E-state index contributed by atoms with van der Waals surface area (Å²) in [4.78, 5) is 23.1. The highest BCUT2D eigenvalue weighted by Gasteiger charge is 2.59. The van der Waals surface area contributed by atoms with Gasteiger partial charge in [-0.05, 0) is 117 Å². The number of nitrogens with one attached hydrogen (secondary N) is 1. The molecular formula is C49H48N6S. The molecule has 0 spiro atoms. The van der Waals surface area contributed by atoms with Gasteiger partial charge >= 0.3 is 0 Å². The molecule has 9 atom stereocenters. The summed E-state index contributed by atoms with van der Waals surface area (Å²) in [6.45, 7) is 0. The number of rotatable bonds is 6. The Bertz CT molecular complexity index is 2280. The van der Waals surface area contributed by atoms with Gasteiger partial charge in [-0.2, -0.15) is 5.26 Å². The van der Waals surface area contributed by atoms with E-state index in [1.54, 1.807) is 0 Å². The molecule has 2 aromatic rings. The number of nitrogens with zero attached hydrogens (tertiary/aromatic N) is 5. The summed E-state index contributed by atoms with van der Waals surface area (Å²) in [5.74, 6) is 3.45. The molecule has 0 radical (unpaired) electrons. The summed E-state index contributed by atoms with van der Waals surface area (Å²) in [7, 11) is 0. The smallest absolute Gasteiger partial charge is 0.147 e. The van der Waals surface area contributed by atoms with Gasteiger partial charge in [0.2, 0.25) is 0 Å². The largest absolute Gasteiger partial charge is 0.328 e. The Hall–Kier alpha value is -5.06. The fraction of sp³-hybridized carbons (Fsp3) is 0.367. The van der Waals surface area contributed by atoms with E-state index < -0.39 is 5.41 Å². The SMILES string of the molecule is N#CC1=CCC(C2C=CC(C3=NC(C4CC=CC5Sc6ccccc6C(c6ccccn6)(C6CC=CC=N6)C54)N=C(C4=CC=CCC4)N3)CC2)C2=C1C=CCC2. The second-order valence-electron chi connectivity index (χ2n) is 16.4. The third-order valence-corrected chi connectivity index (χ3v) is 14.9. The zero-order valence-electron chi connectivity index (χ0n) is 31.8. The van der Waals surface area contributed by atoms with Gasteiger partial charge in [-0.25, -0.2) is 9.98 Å². The number of fused-ring (bicyclic) bond motifs is 2. The fourth-order valence-corrected chi connectivity index (χ4v) is 12.6. The molecule has 280 valence electrons. The van der Waals surface area contributed by atoms with Gasteiger partial charge in [-0.15, -0.1) is 11.8 Å². The van der Waals surface area contributed by atoms with Gasteiger partial charge in [-0.3, -0.25) is 9.98 Å². The van der Waals surface area contributed by atoms with Crippen molar-refractivity contribution in [2.45, 2.75) is 85.6 Å². The minimum atomic E-state index is -0.465. The minimum Gasteiger partial charge on any atom is -0.328 e. The van der Waals surface area contributed by atoms with E-state index in [0.29, 0.717) is 11.8 Å². The zero-order chi connectivity index (χ0) is 37.5. The normalized spacial score (nSPS) is 34.2. The quantitative estimate of drug-likeness (QED) is 0.298. The molecule has 3 aliphatic heterocycles. The van der Waals surface area contributed by atoms with Crippen molar-refractivity contribution in [1.29, 1.82) is 5.26 Å². The highest BCUT2D eigenvalue weighted by molar-refractivity contribution is 8.00. The zero-order valence-corrected chi connectivity index (χ0v) is 32.6. The predicted octanol–water partition coefficient (Wildman–Crippen LogP) is 10.1. The van der Waals surface area contributed by atoms with Crippen LogP contribution in [0.4, 0.5) is 0 Å². The Labute approximate surface area is 335 Å². The first-order valence-corrected chi connectivity index (χ1v) is 21.6. The second-order valence-corrected chi connectivity index (χ2v) is 17.6. The van der Waals surface area contributed by atoms with Gasteiger partial charge < -0.3 is 5.32 Å². The molecule has 4 heterocycles. The van der Waals surface area contributed by atoms with Crippen LogP contribution in [0.25, 0.3) is 0 Å². The number of dihydropyridines is 1. The van der Waals surface area contributed by atoms with Crippen molar-refractivity contribution in [3.8, 4) is 6.07 Å².